The Balaban J connectivity index is 0.00000338. The van der Waals surface area contributed by atoms with Crippen LogP contribution in [0.1, 0.15) is 65.9 Å². The van der Waals surface area contributed by atoms with Gasteiger partial charge in [-0.25, -0.2) is 8.42 Å². The van der Waals surface area contributed by atoms with Crippen LogP contribution in [0.5, 0.6) is 0 Å². The first-order chi connectivity index (χ1) is 11.3. The average molecular weight is 392 g/mol. The smallest absolute Gasteiger partial charge is 0.744 e. The van der Waals surface area contributed by atoms with Crippen molar-refractivity contribution in [1.29, 1.82) is 0 Å². The van der Waals surface area contributed by atoms with E-state index in [1.807, 2.05) is 6.92 Å². The molecule has 0 amide bonds. The zero-order valence-electron chi connectivity index (χ0n) is 17.1. The molecule has 0 aromatic heterocycles. The van der Waals surface area contributed by atoms with Crippen LogP contribution < -0.4 is 29.6 Å². The van der Waals surface area contributed by atoms with Gasteiger partial charge in [0.25, 0.3) is 0 Å². The van der Waals surface area contributed by atoms with Crippen molar-refractivity contribution in [2.75, 3.05) is 6.61 Å². The van der Waals surface area contributed by atoms with E-state index in [1.54, 1.807) is 12.1 Å². The fourth-order valence-electron chi connectivity index (χ4n) is 4.36. The second-order valence-corrected chi connectivity index (χ2v) is 10.0. The van der Waals surface area contributed by atoms with Gasteiger partial charge in [-0.1, -0.05) is 26.0 Å². The maximum absolute atomic E-state index is 11.0. The molecule has 1 aromatic rings. The van der Waals surface area contributed by atoms with E-state index in [9.17, 15) is 13.0 Å². The van der Waals surface area contributed by atoms with Gasteiger partial charge in [-0.15, -0.1) is 0 Å². The van der Waals surface area contributed by atoms with Crippen LogP contribution in [0.15, 0.2) is 29.2 Å². The van der Waals surface area contributed by atoms with Crippen molar-refractivity contribution in [1.82, 2.24) is 5.06 Å². The maximum Gasteiger partial charge on any atom is 1.00 e. The summed E-state index contributed by atoms with van der Waals surface area (Å²) in [6, 6.07) is 6.11. The summed E-state index contributed by atoms with van der Waals surface area (Å²) in [6.45, 7) is 13.7. The SMILES string of the molecule is CC1CC(C)(C)N(OCC(C)c2ccc(S(=O)(=O)[O-])cc2)C(C)(C)C1.[Na+]. The van der Waals surface area contributed by atoms with E-state index in [1.165, 1.54) is 12.1 Å². The fourth-order valence-corrected chi connectivity index (χ4v) is 4.83. The number of hydroxylamine groups is 2. The van der Waals surface area contributed by atoms with Crippen LogP contribution in [0.4, 0.5) is 0 Å². The second-order valence-electron chi connectivity index (χ2n) is 8.65. The topological polar surface area (TPSA) is 69.7 Å². The molecule has 0 saturated carbocycles. The molecular weight excluding hydrogens is 361 g/mol. The Morgan fingerprint density at radius 3 is 2.04 bits per heavy atom. The summed E-state index contributed by atoms with van der Waals surface area (Å²) in [5.74, 6) is 0.748. The molecule has 0 radical (unpaired) electrons. The van der Waals surface area contributed by atoms with Crippen molar-refractivity contribution < 1.29 is 47.4 Å². The van der Waals surface area contributed by atoms with Crippen molar-refractivity contribution in [3.63, 3.8) is 0 Å². The number of benzene rings is 1. The van der Waals surface area contributed by atoms with E-state index in [-0.39, 0.29) is 51.4 Å². The first-order valence-electron chi connectivity index (χ1n) is 8.82. The quantitative estimate of drug-likeness (QED) is 0.551. The van der Waals surface area contributed by atoms with Gasteiger partial charge in [-0.3, -0.25) is 4.84 Å². The molecule has 7 heteroatoms. The van der Waals surface area contributed by atoms with Crippen molar-refractivity contribution >= 4 is 10.1 Å². The third-order valence-corrected chi connectivity index (χ3v) is 5.84. The van der Waals surface area contributed by atoms with Crippen LogP contribution in [0.25, 0.3) is 0 Å². The fraction of sp³-hybridized carbons (Fsp3) is 0.684. The summed E-state index contributed by atoms with van der Waals surface area (Å²) in [7, 11) is -4.40. The molecule has 1 aliphatic rings. The summed E-state index contributed by atoms with van der Waals surface area (Å²) < 4.78 is 33.1. The van der Waals surface area contributed by atoms with E-state index in [2.05, 4.69) is 39.7 Å². The van der Waals surface area contributed by atoms with Crippen LogP contribution in [-0.2, 0) is 15.0 Å². The minimum Gasteiger partial charge on any atom is -0.744 e. The van der Waals surface area contributed by atoms with Crippen molar-refractivity contribution in [3.8, 4) is 0 Å². The van der Waals surface area contributed by atoms with E-state index >= 15 is 0 Å². The predicted molar refractivity (Wildman–Crippen MR) is 97.2 cm³/mol. The zero-order chi connectivity index (χ0) is 19.0. The van der Waals surface area contributed by atoms with Gasteiger partial charge in [0.05, 0.1) is 11.5 Å². The van der Waals surface area contributed by atoms with Crippen LogP contribution >= 0.6 is 0 Å². The van der Waals surface area contributed by atoms with E-state index in [0.29, 0.717) is 12.5 Å². The van der Waals surface area contributed by atoms with Gasteiger partial charge in [0.2, 0.25) is 0 Å². The molecule has 1 unspecified atom stereocenters. The Bertz CT molecular complexity index is 683. The molecule has 5 nitrogen and oxygen atoms in total. The van der Waals surface area contributed by atoms with Gasteiger partial charge in [0.15, 0.2) is 0 Å². The van der Waals surface area contributed by atoms with Gasteiger partial charge in [-0.05, 0) is 64.2 Å². The van der Waals surface area contributed by atoms with Gasteiger partial charge in [-0.2, -0.15) is 5.06 Å². The molecule has 0 bridgehead atoms. The van der Waals surface area contributed by atoms with Gasteiger partial charge >= 0.3 is 29.6 Å². The third-order valence-electron chi connectivity index (χ3n) is 4.99. The third kappa shape index (κ3) is 5.77. The Labute approximate surface area is 180 Å². The monoisotopic (exact) mass is 391 g/mol. The maximum atomic E-state index is 11.0. The second kappa shape index (κ2) is 8.60. The number of piperidine rings is 1. The Kier molecular flexibility index (Phi) is 7.97. The van der Waals surface area contributed by atoms with Crippen LogP contribution in [0, 0.1) is 5.92 Å². The molecule has 0 aliphatic carbocycles. The summed E-state index contributed by atoms with van der Waals surface area (Å²) in [6.07, 6.45) is 2.17. The minimum absolute atomic E-state index is 0. The molecule has 26 heavy (non-hydrogen) atoms. The molecule has 142 valence electrons. The molecule has 1 heterocycles. The van der Waals surface area contributed by atoms with Gasteiger partial charge < -0.3 is 4.55 Å². The molecular formula is C19H30NNaO4S. The average Bonchev–Trinajstić information content (AvgIpc) is 2.43. The standard InChI is InChI=1S/C19H31NO4S.Na/c1-14-11-18(3,4)20(19(5,6)12-14)24-13-15(2)16-7-9-17(10-8-16)25(21,22)23;/h7-10,14-15H,11-13H2,1-6H3,(H,21,22,23);/q;+1/p-1. The first-order valence-corrected chi connectivity index (χ1v) is 10.2. The Morgan fingerprint density at radius 2 is 1.62 bits per heavy atom. The van der Waals surface area contributed by atoms with E-state index in [4.69, 9.17) is 4.84 Å². The molecule has 1 saturated heterocycles. The number of hydrogen-bond acceptors (Lipinski definition) is 5. The molecule has 0 N–H and O–H groups in total. The molecule has 1 fully saturated rings. The summed E-state index contributed by atoms with van der Waals surface area (Å²) in [5, 5.41) is 2.13. The Hall–Kier alpha value is 0.0500. The number of nitrogens with zero attached hydrogens (tertiary/aromatic N) is 1. The van der Waals surface area contributed by atoms with Crippen LogP contribution in [0.3, 0.4) is 0 Å². The normalized spacial score (nSPS) is 21.8. The Morgan fingerprint density at radius 1 is 1.15 bits per heavy atom. The van der Waals surface area contributed by atoms with Crippen molar-refractivity contribution in [3.05, 3.63) is 29.8 Å². The zero-order valence-corrected chi connectivity index (χ0v) is 19.9. The summed E-state index contributed by atoms with van der Waals surface area (Å²) in [5.41, 5.74) is 0.872. The number of rotatable bonds is 5. The molecule has 0 spiro atoms. The van der Waals surface area contributed by atoms with Crippen LogP contribution in [-0.4, -0.2) is 35.7 Å². The van der Waals surface area contributed by atoms with Gasteiger partial charge in [0.1, 0.15) is 10.1 Å². The summed E-state index contributed by atoms with van der Waals surface area (Å²) in [4.78, 5) is 6.03. The molecule has 2 rings (SSSR count). The molecule has 1 atom stereocenters. The van der Waals surface area contributed by atoms with E-state index in [0.717, 1.165) is 18.4 Å². The largest absolute Gasteiger partial charge is 1.00 e. The molecule has 1 aliphatic heterocycles. The first kappa shape index (κ1) is 24.1. The summed E-state index contributed by atoms with van der Waals surface area (Å²) >= 11 is 0. The number of hydrogen-bond donors (Lipinski definition) is 0. The van der Waals surface area contributed by atoms with Gasteiger partial charge in [0, 0.05) is 17.0 Å². The van der Waals surface area contributed by atoms with Crippen molar-refractivity contribution in [2.24, 2.45) is 5.92 Å². The molecule has 1 aromatic carbocycles. The minimum atomic E-state index is -4.40. The van der Waals surface area contributed by atoms with E-state index < -0.39 is 10.1 Å². The van der Waals surface area contributed by atoms with Crippen molar-refractivity contribution in [2.45, 2.75) is 76.3 Å². The van der Waals surface area contributed by atoms with Crippen LogP contribution in [0.2, 0.25) is 0 Å². The predicted octanol–water partition coefficient (Wildman–Crippen LogP) is 0.919.